The van der Waals surface area contributed by atoms with Crippen LogP contribution in [0.4, 0.5) is 4.39 Å². The van der Waals surface area contributed by atoms with Crippen molar-refractivity contribution in [1.29, 1.82) is 0 Å². The molecule has 1 aromatic carbocycles. The molecule has 0 amide bonds. The Morgan fingerprint density at radius 1 is 1.56 bits per heavy atom. The first-order valence-corrected chi connectivity index (χ1v) is 6.84. The maximum atomic E-state index is 13.9. The highest BCUT2D eigenvalue weighted by Gasteiger charge is 2.26. The van der Waals surface area contributed by atoms with Gasteiger partial charge in [0.05, 0.1) is 11.6 Å². The fourth-order valence-corrected chi connectivity index (χ4v) is 2.67. The Balaban J connectivity index is 2.10. The van der Waals surface area contributed by atoms with E-state index in [1.54, 1.807) is 18.2 Å². The van der Waals surface area contributed by atoms with Crippen LogP contribution in [0, 0.1) is 11.7 Å². The number of hydrogen-bond donors (Lipinski definition) is 1. The third-order valence-corrected chi connectivity index (χ3v) is 3.76. The number of rotatable bonds is 5. The Labute approximate surface area is 112 Å². The van der Waals surface area contributed by atoms with Crippen LogP contribution in [-0.2, 0) is 11.2 Å². The predicted molar refractivity (Wildman–Crippen MR) is 71.5 cm³/mol. The molecule has 1 heterocycles. The van der Waals surface area contributed by atoms with Crippen LogP contribution in [0.1, 0.15) is 18.9 Å². The van der Waals surface area contributed by atoms with E-state index >= 15 is 0 Å². The minimum atomic E-state index is -0.291. The van der Waals surface area contributed by atoms with Gasteiger partial charge in [-0.05, 0) is 31.0 Å². The second kappa shape index (κ2) is 6.50. The third-order valence-electron chi connectivity index (χ3n) is 3.47. The lowest BCUT2D eigenvalue weighted by Crippen LogP contribution is -2.38. The first kappa shape index (κ1) is 13.8. The molecule has 100 valence electrons. The van der Waals surface area contributed by atoms with E-state index in [-0.39, 0.29) is 16.9 Å². The van der Waals surface area contributed by atoms with Crippen LogP contribution in [0.2, 0.25) is 5.02 Å². The normalized spacial score (nSPS) is 21.2. The van der Waals surface area contributed by atoms with Crippen LogP contribution in [0.3, 0.4) is 0 Å². The maximum absolute atomic E-state index is 13.9. The molecule has 1 N–H and O–H groups in total. The molecule has 2 unspecified atom stereocenters. The number of halogens is 2. The molecule has 1 saturated heterocycles. The highest BCUT2D eigenvalue weighted by atomic mass is 35.5. The zero-order valence-electron chi connectivity index (χ0n) is 10.6. The summed E-state index contributed by atoms with van der Waals surface area (Å²) in [7, 11) is 0. The molecule has 0 aromatic heterocycles. The Hall–Kier alpha value is -0.640. The van der Waals surface area contributed by atoms with E-state index in [9.17, 15) is 4.39 Å². The summed E-state index contributed by atoms with van der Waals surface area (Å²) in [5, 5.41) is 3.63. The van der Waals surface area contributed by atoms with Crippen LogP contribution in [0.25, 0.3) is 0 Å². The maximum Gasteiger partial charge on any atom is 0.145 e. The fraction of sp³-hybridized carbons (Fsp3) is 0.571. The van der Waals surface area contributed by atoms with Gasteiger partial charge < -0.3 is 10.1 Å². The van der Waals surface area contributed by atoms with Crippen molar-refractivity contribution in [3.8, 4) is 0 Å². The lowest BCUT2D eigenvalue weighted by atomic mass is 9.92. The lowest BCUT2D eigenvalue weighted by Gasteiger charge is -2.23. The fourth-order valence-electron chi connectivity index (χ4n) is 2.48. The SMILES string of the molecule is CCNC(Cc1cccc(Cl)c1F)C1CCOC1. The summed E-state index contributed by atoms with van der Waals surface area (Å²) in [6.45, 7) is 4.52. The van der Waals surface area contributed by atoms with Crippen LogP contribution in [0.5, 0.6) is 0 Å². The third kappa shape index (κ3) is 3.22. The van der Waals surface area contributed by atoms with Gasteiger partial charge in [0, 0.05) is 18.6 Å². The van der Waals surface area contributed by atoms with E-state index in [1.807, 2.05) is 0 Å². The summed E-state index contributed by atoms with van der Waals surface area (Å²) < 4.78 is 19.3. The average molecular weight is 272 g/mol. The second-order valence-electron chi connectivity index (χ2n) is 4.70. The average Bonchev–Trinajstić information content (AvgIpc) is 2.88. The van der Waals surface area contributed by atoms with E-state index in [1.165, 1.54) is 0 Å². The van der Waals surface area contributed by atoms with Crippen molar-refractivity contribution in [3.63, 3.8) is 0 Å². The Morgan fingerprint density at radius 3 is 3.06 bits per heavy atom. The number of hydrogen-bond acceptors (Lipinski definition) is 2. The van der Waals surface area contributed by atoms with E-state index in [0.29, 0.717) is 17.9 Å². The summed E-state index contributed by atoms with van der Waals surface area (Å²) in [5.41, 5.74) is 0.681. The minimum Gasteiger partial charge on any atom is -0.381 e. The molecule has 18 heavy (non-hydrogen) atoms. The summed E-state index contributed by atoms with van der Waals surface area (Å²) in [6.07, 6.45) is 1.70. The Bertz CT molecular complexity index is 393. The number of ether oxygens (including phenoxy) is 1. The van der Waals surface area contributed by atoms with Gasteiger partial charge in [0.25, 0.3) is 0 Å². The first-order chi connectivity index (χ1) is 8.72. The van der Waals surface area contributed by atoms with Gasteiger partial charge in [0.1, 0.15) is 5.82 Å². The number of likely N-dealkylation sites (N-methyl/N-ethyl adjacent to an activating group) is 1. The van der Waals surface area contributed by atoms with Gasteiger partial charge in [-0.15, -0.1) is 0 Å². The molecule has 0 saturated carbocycles. The smallest absolute Gasteiger partial charge is 0.145 e. The van der Waals surface area contributed by atoms with E-state index < -0.39 is 0 Å². The molecule has 4 heteroatoms. The monoisotopic (exact) mass is 271 g/mol. The highest BCUT2D eigenvalue weighted by Crippen LogP contribution is 2.23. The molecule has 2 rings (SSSR count). The van der Waals surface area contributed by atoms with Gasteiger partial charge in [0.2, 0.25) is 0 Å². The molecule has 1 aromatic rings. The summed E-state index contributed by atoms with van der Waals surface area (Å²) >= 11 is 5.81. The van der Waals surface area contributed by atoms with Gasteiger partial charge in [-0.2, -0.15) is 0 Å². The molecule has 2 nitrogen and oxygen atoms in total. The van der Waals surface area contributed by atoms with Crippen molar-refractivity contribution in [2.75, 3.05) is 19.8 Å². The van der Waals surface area contributed by atoms with Crippen molar-refractivity contribution in [1.82, 2.24) is 5.32 Å². The van der Waals surface area contributed by atoms with E-state index in [2.05, 4.69) is 12.2 Å². The zero-order chi connectivity index (χ0) is 13.0. The van der Waals surface area contributed by atoms with Gasteiger partial charge in [0.15, 0.2) is 0 Å². The molecule has 0 bridgehead atoms. The molecular weight excluding hydrogens is 253 g/mol. The summed E-state index contributed by atoms with van der Waals surface area (Å²) in [4.78, 5) is 0. The predicted octanol–water partition coefficient (Wildman–Crippen LogP) is 3.04. The highest BCUT2D eigenvalue weighted by molar-refractivity contribution is 6.30. The van der Waals surface area contributed by atoms with Crippen molar-refractivity contribution < 1.29 is 9.13 Å². The topological polar surface area (TPSA) is 21.3 Å². The lowest BCUT2D eigenvalue weighted by molar-refractivity contribution is 0.176. The van der Waals surface area contributed by atoms with Crippen molar-refractivity contribution in [2.45, 2.75) is 25.8 Å². The number of nitrogens with one attached hydrogen (secondary N) is 1. The van der Waals surface area contributed by atoms with Crippen LogP contribution < -0.4 is 5.32 Å². The number of benzene rings is 1. The standard InChI is InChI=1S/C14H19ClFNO/c1-2-17-13(11-6-7-18-9-11)8-10-4-3-5-12(15)14(10)16/h3-5,11,13,17H,2,6-9H2,1H3. The largest absolute Gasteiger partial charge is 0.381 e. The molecule has 1 fully saturated rings. The molecular formula is C14H19ClFNO. The molecule has 2 atom stereocenters. The molecule has 1 aliphatic heterocycles. The van der Waals surface area contributed by atoms with Gasteiger partial charge in [-0.25, -0.2) is 4.39 Å². The van der Waals surface area contributed by atoms with Gasteiger partial charge >= 0.3 is 0 Å². The molecule has 0 aliphatic carbocycles. The quantitative estimate of drug-likeness (QED) is 0.889. The van der Waals surface area contributed by atoms with Crippen molar-refractivity contribution >= 4 is 11.6 Å². The minimum absolute atomic E-state index is 0.199. The molecule has 1 aliphatic rings. The van der Waals surface area contributed by atoms with Gasteiger partial charge in [-0.1, -0.05) is 30.7 Å². The zero-order valence-corrected chi connectivity index (χ0v) is 11.3. The van der Waals surface area contributed by atoms with Crippen LogP contribution in [-0.4, -0.2) is 25.8 Å². The molecule has 0 spiro atoms. The van der Waals surface area contributed by atoms with Crippen molar-refractivity contribution in [2.24, 2.45) is 5.92 Å². The van der Waals surface area contributed by atoms with E-state index in [0.717, 1.165) is 26.2 Å². The van der Waals surface area contributed by atoms with E-state index in [4.69, 9.17) is 16.3 Å². The van der Waals surface area contributed by atoms with Crippen molar-refractivity contribution in [3.05, 3.63) is 34.6 Å². The van der Waals surface area contributed by atoms with Gasteiger partial charge in [-0.3, -0.25) is 0 Å². The van der Waals surface area contributed by atoms with Crippen LogP contribution in [0.15, 0.2) is 18.2 Å². The Morgan fingerprint density at radius 2 is 2.39 bits per heavy atom. The Kier molecular flexibility index (Phi) is 4.98. The summed E-state index contributed by atoms with van der Waals surface area (Å²) in [5.74, 6) is 0.171. The second-order valence-corrected chi connectivity index (χ2v) is 5.11. The van der Waals surface area contributed by atoms with Crippen LogP contribution >= 0.6 is 11.6 Å². The summed E-state index contributed by atoms with van der Waals surface area (Å²) in [6, 6.07) is 5.45. The molecule has 0 radical (unpaired) electrons. The first-order valence-electron chi connectivity index (χ1n) is 6.46.